The van der Waals surface area contributed by atoms with Crippen molar-refractivity contribution in [2.75, 3.05) is 0 Å². The number of aromatic nitrogens is 2. The Kier molecular flexibility index (Phi) is 3.23. The zero-order valence-electron chi connectivity index (χ0n) is 11.4. The van der Waals surface area contributed by atoms with Gasteiger partial charge in [0.1, 0.15) is 5.65 Å². The first kappa shape index (κ1) is 12.2. The highest BCUT2D eigenvalue weighted by molar-refractivity contribution is 5.45. The molecule has 1 unspecified atom stereocenters. The number of hydrogen-bond donors (Lipinski definition) is 0. The first-order valence-corrected chi connectivity index (χ1v) is 6.49. The second-order valence-corrected chi connectivity index (χ2v) is 5.50. The summed E-state index contributed by atoms with van der Waals surface area (Å²) in [7, 11) is 0. The minimum absolute atomic E-state index is 0.503. The molecule has 92 valence electrons. The summed E-state index contributed by atoms with van der Waals surface area (Å²) in [4.78, 5) is 4.82. The van der Waals surface area contributed by atoms with Crippen LogP contribution in [0.2, 0.25) is 0 Å². The lowest BCUT2D eigenvalue weighted by Crippen LogP contribution is -2.07. The number of imidazole rings is 1. The van der Waals surface area contributed by atoms with E-state index >= 15 is 0 Å². The van der Waals surface area contributed by atoms with E-state index in [1.807, 2.05) is 0 Å². The lowest BCUT2D eigenvalue weighted by atomic mass is 9.91. The van der Waals surface area contributed by atoms with Crippen molar-refractivity contribution in [1.82, 2.24) is 9.38 Å². The molecule has 2 heteroatoms. The first-order valence-electron chi connectivity index (χ1n) is 6.49. The summed E-state index contributed by atoms with van der Waals surface area (Å²) < 4.78 is 2.24. The minimum Gasteiger partial charge on any atom is -0.304 e. The summed E-state index contributed by atoms with van der Waals surface area (Å²) in [5.74, 6) is 1.63. The average molecular weight is 230 g/mol. The molecule has 0 spiro atoms. The Hall–Kier alpha value is -1.31. The van der Waals surface area contributed by atoms with E-state index in [0.29, 0.717) is 17.8 Å². The molecule has 0 N–H and O–H groups in total. The van der Waals surface area contributed by atoms with Crippen molar-refractivity contribution in [2.45, 2.75) is 46.5 Å². The fraction of sp³-hybridized carbons (Fsp3) is 0.533. The number of rotatable bonds is 3. The van der Waals surface area contributed by atoms with Crippen molar-refractivity contribution in [3.8, 4) is 0 Å². The second kappa shape index (κ2) is 4.52. The molecule has 0 bridgehead atoms. The van der Waals surface area contributed by atoms with Gasteiger partial charge in [0.2, 0.25) is 0 Å². The summed E-state index contributed by atoms with van der Waals surface area (Å²) in [6, 6.07) is 6.21. The molecule has 0 radical (unpaired) electrons. The Balaban J connectivity index is 2.66. The largest absolute Gasteiger partial charge is 0.304 e. The van der Waals surface area contributed by atoms with Gasteiger partial charge in [0.15, 0.2) is 0 Å². The highest BCUT2D eigenvalue weighted by Gasteiger charge is 2.21. The maximum Gasteiger partial charge on any atom is 0.137 e. The van der Waals surface area contributed by atoms with Gasteiger partial charge in [-0.1, -0.05) is 40.7 Å². The maximum absolute atomic E-state index is 4.82. The number of hydrogen-bond acceptors (Lipinski definition) is 1. The van der Waals surface area contributed by atoms with Gasteiger partial charge < -0.3 is 4.40 Å². The molecule has 2 aromatic heterocycles. The fourth-order valence-corrected chi connectivity index (χ4v) is 2.26. The van der Waals surface area contributed by atoms with Crippen LogP contribution in [0.5, 0.6) is 0 Å². The summed E-state index contributed by atoms with van der Waals surface area (Å²) in [6.07, 6.45) is 2.12. The Morgan fingerprint density at radius 1 is 1.06 bits per heavy atom. The molecule has 2 rings (SSSR count). The van der Waals surface area contributed by atoms with Crippen LogP contribution in [-0.2, 0) is 0 Å². The van der Waals surface area contributed by atoms with E-state index in [0.717, 1.165) is 5.65 Å². The van der Waals surface area contributed by atoms with Crippen LogP contribution in [0.1, 0.15) is 57.8 Å². The van der Waals surface area contributed by atoms with Crippen LogP contribution in [0.4, 0.5) is 0 Å². The van der Waals surface area contributed by atoms with Gasteiger partial charge in [-0.3, -0.25) is 0 Å². The van der Waals surface area contributed by atoms with Gasteiger partial charge in [-0.25, -0.2) is 4.98 Å². The van der Waals surface area contributed by atoms with Gasteiger partial charge in [-0.05, 0) is 24.0 Å². The second-order valence-electron chi connectivity index (χ2n) is 5.50. The van der Waals surface area contributed by atoms with E-state index < -0.39 is 0 Å². The van der Waals surface area contributed by atoms with Crippen LogP contribution >= 0.6 is 0 Å². The highest BCUT2D eigenvalue weighted by atomic mass is 15.0. The monoisotopic (exact) mass is 230 g/mol. The fourth-order valence-electron chi connectivity index (χ4n) is 2.26. The molecule has 17 heavy (non-hydrogen) atoms. The normalized spacial score (nSPS) is 13.8. The molecule has 0 amide bonds. The minimum atomic E-state index is 0.503. The van der Waals surface area contributed by atoms with E-state index in [1.54, 1.807) is 0 Å². The van der Waals surface area contributed by atoms with Crippen LogP contribution in [0.25, 0.3) is 5.65 Å². The smallest absolute Gasteiger partial charge is 0.137 e. The summed E-state index contributed by atoms with van der Waals surface area (Å²) >= 11 is 0. The number of nitrogens with zero attached hydrogens (tertiary/aromatic N) is 2. The van der Waals surface area contributed by atoms with E-state index in [9.17, 15) is 0 Å². The molecule has 0 saturated heterocycles. The van der Waals surface area contributed by atoms with Gasteiger partial charge in [0, 0.05) is 17.8 Å². The first-order chi connectivity index (χ1) is 8.02. The van der Waals surface area contributed by atoms with Crippen molar-refractivity contribution in [1.29, 1.82) is 0 Å². The lowest BCUT2D eigenvalue weighted by Gasteiger charge is -2.17. The maximum atomic E-state index is 4.82. The third-order valence-corrected chi connectivity index (χ3v) is 3.57. The lowest BCUT2D eigenvalue weighted by molar-refractivity contribution is 0.518. The standard InChI is InChI=1S/C15H22N2/c1-10(2)12(5)14-15(11(3)4)17-9-7-6-8-13(17)16-14/h6-12H,1-5H3. The Morgan fingerprint density at radius 3 is 2.35 bits per heavy atom. The SMILES string of the molecule is CC(C)c1c(C(C)C(C)C)nc2ccccn12. The third-order valence-electron chi connectivity index (χ3n) is 3.57. The van der Waals surface area contributed by atoms with Crippen molar-refractivity contribution < 1.29 is 0 Å². The number of pyridine rings is 1. The zero-order chi connectivity index (χ0) is 12.6. The number of fused-ring (bicyclic) bond motifs is 1. The molecular weight excluding hydrogens is 208 g/mol. The molecule has 0 aromatic carbocycles. The van der Waals surface area contributed by atoms with Crippen LogP contribution in [-0.4, -0.2) is 9.38 Å². The van der Waals surface area contributed by atoms with Crippen molar-refractivity contribution in [3.05, 3.63) is 35.8 Å². The average Bonchev–Trinajstić information content (AvgIpc) is 2.66. The molecule has 0 aliphatic rings. The third kappa shape index (κ3) is 2.08. The molecule has 0 aliphatic heterocycles. The molecular formula is C15H22N2. The van der Waals surface area contributed by atoms with Crippen LogP contribution < -0.4 is 0 Å². The van der Waals surface area contributed by atoms with Crippen molar-refractivity contribution >= 4 is 5.65 Å². The predicted molar refractivity (Wildman–Crippen MR) is 72.5 cm³/mol. The van der Waals surface area contributed by atoms with Crippen molar-refractivity contribution in [3.63, 3.8) is 0 Å². The molecule has 2 aromatic rings. The Morgan fingerprint density at radius 2 is 1.76 bits per heavy atom. The van der Waals surface area contributed by atoms with Crippen LogP contribution in [0.15, 0.2) is 24.4 Å². The van der Waals surface area contributed by atoms with Crippen molar-refractivity contribution in [2.24, 2.45) is 5.92 Å². The van der Waals surface area contributed by atoms with Gasteiger partial charge >= 0.3 is 0 Å². The summed E-state index contributed by atoms with van der Waals surface area (Å²) in [5, 5.41) is 0. The van der Waals surface area contributed by atoms with E-state index in [4.69, 9.17) is 4.98 Å². The molecule has 0 aliphatic carbocycles. The van der Waals surface area contributed by atoms with Crippen LogP contribution in [0.3, 0.4) is 0 Å². The predicted octanol–water partition coefficient (Wildman–Crippen LogP) is 4.22. The summed E-state index contributed by atoms with van der Waals surface area (Å²) in [5.41, 5.74) is 3.70. The molecule has 0 saturated carbocycles. The van der Waals surface area contributed by atoms with E-state index in [2.05, 4.69) is 63.4 Å². The molecule has 2 nitrogen and oxygen atoms in total. The molecule has 0 fully saturated rings. The van der Waals surface area contributed by atoms with Gasteiger partial charge in [0.25, 0.3) is 0 Å². The van der Waals surface area contributed by atoms with Gasteiger partial charge in [-0.15, -0.1) is 0 Å². The topological polar surface area (TPSA) is 17.3 Å². The highest BCUT2D eigenvalue weighted by Crippen LogP contribution is 2.31. The Labute approximate surface area is 104 Å². The van der Waals surface area contributed by atoms with E-state index in [1.165, 1.54) is 11.4 Å². The molecule has 1 atom stereocenters. The Bertz CT molecular complexity index is 509. The van der Waals surface area contributed by atoms with Gasteiger partial charge in [0.05, 0.1) is 5.69 Å². The van der Waals surface area contributed by atoms with E-state index in [-0.39, 0.29) is 0 Å². The zero-order valence-corrected chi connectivity index (χ0v) is 11.4. The van der Waals surface area contributed by atoms with Crippen LogP contribution in [0, 0.1) is 5.92 Å². The summed E-state index contributed by atoms with van der Waals surface area (Å²) in [6.45, 7) is 11.3. The van der Waals surface area contributed by atoms with Gasteiger partial charge in [-0.2, -0.15) is 0 Å². The quantitative estimate of drug-likeness (QED) is 0.771. The molecule has 2 heterocycles.